The lowest BCUT2D eigenvalue weighted by atomic mass is 10.2. The maximum absolute atomic E-state index is 6.11. The van der Waals surface area contributed by atoms with Gasteiger partial charge in [-0.05, 0) is 88.4 Å². The van der Waals surface area contributed by atoms with Crippen molar-refractivity contribution in [2.45, 2.75) is 27.7 Å². The van der Waals surface area contributed by atoms with E-state index in [2.05, 4.69) is 100 Å². The number of hydrogen-bond donors (Lipinski definition) is 0. The Kier molecular flexibility index (Phi) is 6.49. The number of aliphatic imine (C=N–C) groups is 2. The summed E-state index contributed by atoms with van der Waals surface area (Å²) in [4.78, 5) is 14.2. The fourth-order valence-electron chi connectivity index (χ4n) is 4.02. The highest BCUT2D eigenvalue weighted by atomic mass is 32.1. The number of thiocarbonyl (C=S) groups is 1. The maximum Gasteiger partial charge on any atom is 0.192 e. The molecule has 0 aromatic heterocycles. The smallest absolute Gasteiger partial charge is 0.192 e. The van der Waals surface area contributed by atoms with Crippen LogP contribution in [0.2, 0.25) is 0 Å². The van der Waals surface area contributed by atoms with Gasteiger partial charge in [-0.1, -0.05) is 70.8 Å². The molecule has 1 aliphatic rings. The molecule has 4 aromatic carbocycles. The maximum atomic E-state index is 6.11. The Balaban J connectivity index is 1.75. The number of amidine groups is 2. The van der Waals surface area contributed by atoms with Crippen molar-refractivity contribution in [2.24, 2.45) is 9.98 Å². The van der Waals surface area contributed by atoms with Gasteiger partial charge in [-0.3, -0.25) is 9.80 Å². The number of aryl methyl sites for hydroxylation is 4. The summed E-state index contributed by atoms with van der Waals surface area (Å²) in [5.74, 6) is 1.38. The first kappa shape index (κ1) is 23.6. The van der Waals surface area contributed by atoms with E-state index >= 15 is 0 Å². The van der Waals surface area contributed by atoms with E-state index in [1.807, 2.05) is 34.1 Å². The topological polar surface area (TPSA) is 31.2 Å². The first-order valence-electron chi connectivity index (χ1n) is 12.0. The fourth-order valence-corrected chi connectivity index (χ4v) is 4.40. The molecular formula is C31H28N4S. The van der Waals surface area contributed by atoms with E-state index in [4.69, 9.17) is 22.2 Å². The average molecular weight is 489 g/mol. The predicted octanol–water partition coefficient (Wildman–Crippen LogP) is 7.99. The van der Waals surface area contributed by atoms with Crippen LogP contribution in [-0.4, -0.2) is 16.8 Å². The molecule has 1 fully saturated rings. The summed E-state index contributed by atoms with van der Waals surface area (Å²) in [5.41, 5.74) is 8.33. The average Bonchev–Trinajstić information content (AvgIpc) is 3.13. The molecule has 0 atom stereocenters. The molecule has 0 saturated carbocycles. The zero-order valence-electron chi connectivity index (χ0n) is 20.9. The lowest BCUT2D eigenvalue weighted by Crippen LogP contribution is -2.33. The van der Waals surface area contributed by atoms with Crippen molar-refractivity contribution in [3.63, 3.8) is 0 Å². The first-order valence-corrected chi connectivity index (χ1v) is 12.4. The molecule has 0 amide bonds. The molecule has 1 saturated heterocycles. The number of rotatable bonds is 4. The van der Waals surface area contributed by atoms with Gasteiger partial charge < -0.3 is 0 Å². The van der Waals surface area contributed by atoms with Gasteiger partial charge in [-0.25, -0.2) is 9.98 Å². The van der Waals surface area contributed by atoms with Crippen molar-refractivity contribution < 1.29 is 0 Å². The van der Waals surface area contributed by atoms with Gasteiger partial charge in [0.15, 0.2) is 16.8 Å². The Morgan fingerprint density at radius 2 is 0.722 bits per heavy atom. The molecule has 5 heteroatoms. The molecule has 0 radical (unpaired) electrons. The second-order valence-electron chi connectivity index (χ2n) is 9.17. The highest BCUT2D eigenvalue weighted by Gasteiger charge is 2.40. The van der Waals surface area contributed by atoms with E-state index in [0.29, 0.717) is 16.8 Å². The molecule has 0 aliphatic carbocycles. The number of anilines is 2. The van der Waals surface area contributed by atoms with E-state index in [1.165, 1.54) is 22.3 Å². The van der Waals surface area contributed by atoms with Gasteiger partial charge in [0.2, 0.25) is 0 Å². The van der Waals surface area contributed by atoms with Crippen LogP contribution in [0.5, 0.6) is 0 Å². The third-order valence-corrected chi connectivity index (χ3v) is 6.49. The third-order valence-electron chi connectivity index (χ3n) is 6.13. The minimum atomic E-state index is 0.611. The van der Waals surface area contributed by atoms with E-state index in [0.717, 1.165) is 22.7 Å². The van der Waals surface area contributed by atoms with Crippen molar-refractivity contribution in [3.05, 3.63) is 119 Å². The highest BCUT2D eigenvalue weighted by Crippen LogP contribution is 2.32. The molecule has 4 aromatic rings. The summed E-state index contributed by atoms with van der Waals surface area (Å²) in [6.07, 6.45) is 0. The van der Waals surface area contributed by atoms with Gasteiger partial charge in [0.1, 0.15) is 0 Å². The molecule has 0 unspecified atom stereocenters. The Labute approximate surface area is 218 Å². The SMILES string of the molecule is Cc1ccc(N=C2C(=Nc3ccc(C)cc3)N(c3ccc(C)cc3)C(=S)N2c2ccc(C)cc2)cc1. The van der Waals surface area contributed by atoms with Crippen molar-refractivity contribution in [2.75, 3.05) is 9.80 Å². The molecule has 0 bridgehead atoms. The monoisotopic (exact) mass is 488 g/mol. The summed E-state index contributed by atoms with van der Waals surface area (Å²) in [5, 5.41) is 0.611. The predicted molar refractivity (Wildman–Crippen MR) is 156 cm³/mol. The van der Waals surface area contributed by atoms with Crippen LogP contribution in [0.3, 0.4) is 0 Å². The van der Waals surface area contributed by atoms with Gasteiger partial charge in [0, 0.05) is 0 Å². The Bertz CT molecular complexity index is 1340. The van der Waals surface area contributed by atoms with Crippen LogP contribution in [0, 0.1) is 27.7 Å². The molecule has 5 rings (SSSR count). The number of hydrogen-bond acceptors (Lipinski definition) is 3. The Morgan fingerprint density at radius 3 is 1.03 bits per heavy atom. The lowest BCUT2D eigenvalue weighted by Gasteiger charge is -2.21. The third kappa shape index (κ3) is 4.83. The van der Waals surface area contributed by atoms with Crippen molar-refractivity contribution in [1.82, 2.24) is 0 Å². The Hall–Kier alpha value is -4.09. The lowest BCUT2D eigenvalue weighted by molar-refractivity contribution is 1.37. The van der Waals surface area contributed by atoms with Crippen molar-refractivity contribution in [1.29, 1.82) is 0 Å². The quantitative estimate of drug-likeness (QED) is 0.273. The van der Waals surface area contributed by atoms with Crippen LogP contribution in [-0.2, 0) is 0 Å². The number of nitrogens with zero attached hydrogens (tertiary/aromatic N) is 4. The molecule has 1 heterocycles. The van der Waals surface area contributed by atoms with Crippen LogP contribution in [0.1, 0.15) is 22.3 Å². The molecular weight excluding hydrogens is 460 g/mol. The second-order valence-corrected chi connectivity index (χ2v) is 9.53. The number of benzene rings is 4. The van der Waals surface area contributed by atoms with E-state index in [1.54, 1.807) is 0 Å². The van der Waals surface area contributed by atoms with Crippen LogP contribution in [0.25, 0.3) is 0 Å². The summed E-state index contributed by atoms with van der Waals surface area (Å²) < 4.78 is 0. The van der Waals surface area contributed by atoms with Gasteiger partial charge in [-0.2, -0.15) is 0 Å². The van der Waals surface area contributed by atoms with Gasteiger partial charge in [-0.15, -0.1) is 0 Å². The summed E-state index contributed by atoms with van der Waals surface area (Å²) in [6.45, 7) is 8.31. The van der Waals surface area contributed by atoms with E-state index in [9.17, 15) is 0 Å². The first-order chi connectivity index (χ1) is 17.4. The van der Waals surface area contributed by atoms with E-state index in [-0.39, 0.29) is 0 Å². The normalized spacial score (nSPS) is 15.8. The minimum Gasteiger partial charge on any atom is -0.268 e. The zero-order chi connectivity index (χ0) is 25.2. The minimum absolute atomic E-state index is 0.611. The summed E-state index contributed by atoms with van der Waals surface area (Å²) >= 11 is 6.11. The molecule has 36 heavy (non-hydrogen) atoms. The van der Waals surface area contributed by atoms with Gasteiger partial charge in [0.25, 0.3) is 0 Å². The zero-order valence-corrected chi connectivity index (χ0v) is 21.8. The van der Waals surface area contributed by atoms with E-state index < -0.39 is 0 Å². The van der Waals surface area contributed by atoms with Crippen LogP contribution in [0.15, 0.2) is 107 Å². The van der Waals surface area contributed by atoms with Crippen molar-refractivity contribution in [3.8, 4) is 0 Å². The summed E-state index contributed by atoms with van der Waals surface area (Å²) in [6, 6.07) is 33.0. The standard InChI is InChI=1S/C31H28N4S/c1-21-5-13-25(14-6-21)32-29-30(33-26-15-7-22(2)8-16-26)35(28-19-11-24(4)12-20-28)31(36)34(29)27-17-9-23(3)10-18-27/h5-20H,1-4H3. The van der Waals surface area contributed by atoms with Gasteiger partial charge in [0.05, 0.1) is 22.7 Å². The molecule has 1 aliphatic heterocycles. The molecule has 4 nitrogen and oxygen atoms in total. The largest absolute Gasteiger partial charge is 0.268 e. The van der Waals surface area contributed by atoms with Gasteiger partial charge >= 0.3 is 0 Å². The Morgan fingerprint density at radius 1 is 0.444 bits per heavy atom. The molecule has 0 N–H and O–H groups in total. The van der Waals surface area contributed by atoms with Crippen molar-refractivity contribution >= 4 is 51.8 Å². The fraction of sp³-hybridized carbons (Fsp3) is 0.129. The van der Waals surface area contributed by atoms with Crippen LogP contribution in [0.4, 0.5) is 22.7 Å². The summed E-state index contributed by atoms with van der Waals surface area (Å²) in [7, 11) is 0. The molecule has 0 spiro atoms. The highest BCUT2D eigenvalue weighted by molar-refractivity contribution is 7.81. The van der Waals surface area contributed by atoms with Crippen LogP contribution < -0.4 is 9.80 Å². The second kappa shape index (κ2) is 9.88. The molecule has 178 valence electrons. The van der Waals surface area contributed by atoms with Crippen LogP contribution >= 0.6 is 12.2 Å².